The van der Waals surface area contributed by atoms with Crippen molar-refractivity contribution in [2.75, 3.05) is 44.7 Å². The Balaban J connectivity index is 1.77. The summed E-state index contributed by atoms with van der Waals surface area (Å²) < 4.78 is 0. The molecule has 3 rings (SSSR count). The predicted molar refractivity (Wildman–Crippen MR) is 88.4 cm³/mol. The molecule has 0 spiro atoms. The molecule has 0 N–H and O–H groups in total. The molecule has 2 aliphatic heterocycles. The standard InChI is InChI=1S/C16H20ClN5O/c1-20-7-9-21(10-8-20)16(23)14-3-2-6-22(14)15-5-4-12(17)13(11-18)19-15/h4-5,14H,2-3,6-10H2,1H3/t14-/m0/s1. The lowest BCUT2D eigenvalue weighted by molar-refractivity contribution is -0.134. The van der Waals surface area contributed by atoms with E-state index in [9.17, 15) is 4.79 Å². The van der Waals surface area contributed by atoms with Gasteiger partial charge in [-0.25, -0.2) is 4.98 Å². The number of rotatable bonds is 2. The van der Waals surface area contributed by atoms with Crippen LogP contribution in [0.3, 0.4) is 0 Å². The lowest BCUT2D eigenvalue weighted by Crippen LogP contribution is -2.53. The molecule has 0 bridgehead atoms. The van der Waals surface area contributed by atoms with E-state index in [-0.39, 0.29) is 17.6 Å². The van der Waals surface area contributed by atoms with Crippen LogP contribution in [0.25, 0.3) is 0 Å². The summed E-state index contributed by atoms with van der Waals surface area (Å²) in [6, 6.07) is 5.29. The summed E-state index contributed by atoms with van der Waals surface area (Å²) in [5.74, 6) is 0.835. The number of nitrogens with zero attached hydrogens (tertiary/aromatic N) is 5. The molecular weight excluding hydrogens is 314 g/mol. The van der Waals surface area contributed by atoms with Crippen LogP contribution in [-0.2, 0) is 4.79 Å². The third-order valence-electron chi connectivity index (χ3n) is 4.58. The molecule has 122 valence electrons. The van der Waals surface area contributed by atoms with Crippen molar-refractivity contribution in [3.63, 3.8) is 0 Å². The minimum atomic E-state index is -0.182. The van der Waals surface area contributed by atoms with Crippen LogP contribution < -0.4 is 4.90 Å². The Labute approximate surface area is 141 Å². The molecule has 1 aromatic heterocycles. The van der Waals surface area contributed by atoms with Crippen LogP contribution >= 0.6 is 11.6 Å². The molecule has 2 aliphatic rings. The van der Waals surface area contributed by atoms with Gasteiger partial charge in [0.1, 0.15) is 17.9 Å². The van der Waals surface area contributed by atoms with Crippen molar-refractivity contribution in [2.45, 2.75) is 18.9 Å². The maximum Gasteiger partial charge on any atom is 0.245 e. The normalized spacial score (nSPS) is 22.2. The molecule has 0 aromatic carbocycles. The van der Waals surface area contributed by atoms with E-state index in [0.717, 1.165) is 45.6 Å². The smallest absolute Gasteiger partial charge is 0.245 e. The average Bonchev–Trinajstić information content (AvgIpc) is 3.05. The fraction of sp³-hybridized carbons (Fsp3) is 0.562. The second kappa shape index (κ2) is 6.73. The van der Waals surface area contributed by atoms with E-state index in [1.54, 1.807) is 12.1 Å². The molecular formula is C16H20ClN5O. The van der Waals surface area contributed by atoms with E-state index in [1.165, 1.54) is 0 Å². The Morgan fingerprint density at radius 3 is 2.74 bits per heavy atom. The molecule has 0 aliphatic carbocycles. The van der Waals surface area contributed by atoms with E-state index >= 15 is 0 Å². The van der Waals surface area contributed by atoms with Gasteiger partial charge in [-0.1, -0.05) is 11.6 Å². The number of anilines is 1. The van der Waals surface area contributed by atoms with Crippen LogP contribution in [0.2, 0.25) is 5.02 Å². The minimum Gasteiger partial charge on any atom is -0.345 e. The number of amides is 1. The van der Waals surface area contributed by atoms with Crippen molar-refractivity contribution < 1.29 is 4.79 Å². The zero-order valence-corrected chi connectivity index (χ0v) is 14.0. The summed E-state index contributed by atoms with van der Waals surface area (Å²) in [6.07, 6.45) is 1.79. The van der Waals surface area contributed by atoms with E-state index < -0.39 is 0 Å². The predicted octanol–water partition coefficient (Wildman–Crippen LogP) is 1.35. The van der Waals surface area contributed by atoms with Gasteiger partial charge in [0.05, 0.1) is 5.02 Å². The van der Waals surface area contributed by atoms with Crippen molar-refractivity contribution in [3.05, 3.63) is 22.8 Å². The van der Waals surface area contributed by atoms with Crippen molar-refractivity contribution >= 4 is 23.3 Å². The van der Waals surface area contributed by atoms with Crippen molar-refractivity contribution in [1.29, 1.82) is 5.26 Å². The molecule has 23 heavy (non-hydrogen) atoms. The number of pyridine rings is 1. The SMILES string of the molecule is CN1CCN(C(=O)[C@@H]2CCCN2c2ccc(Cl)c(C#N)n2)CC1. The number of likely N-dealkylation sites (N-methyl/N-ethyl adjacent to an activating group) is 1. The fourth-order valence-electron chi connectivity index (χ4n) is 3.21. The van der Waals surface area contributed by atoms with E-state index in [2.05, 4.69) is 16.9 Å². The maximum absolute atomic E-state index is 12.9. The first kappa shape index (κ1) is 16.0. The van der Waals surface area contributed by atoms with E-state index in [0.29, 0.717) is 10.8 Å². The molecule has 0 unspecified atom stereocenters. The number of halogens is 1. The van der Waals surface area contributed by atoms with E-state index in [1.807, 2.05) is 15.9 Å². The Bertz CT molecular complexity index is 636. The monoisotopic (exact) mass is 333 g/mol. The van der Waals surface area contributed by atoms with Gasteiger partial charge in [0.25, 0.3) is 0 Å². The zero-order chi connectivity index (χ0) is 16.4. The lowest BCUT2D eigenvalue weighted by atomic mass is 10.1. The Morgan fingerprint density at radius 2 is 2.04 bits per heavy atom. The largest absolute Gasteiger partial charge is 0.345 e. The Hall–Kier alpha value is -1.84. The summed E-state index contributed by atoms with van der Waals surface area (Å²) in [7, 11) is 2.07. The quantitative estimate of drug-likeness (QED) is 0.817. The van der Waals surface area contributed by atoms with Crippen LogP contribution in [0.1, 0.15) is 18.5 Å². The number of nitriles is 1. The first-order valence-corrected chi connectivity index (χ1v) is 8.28. The maximum atomic E-state index is 12.9. The number of hydrogen-bond donors (Lipinski definition) is 0. The number of carbonyl (C=O) groups excluding carboxylic acids is 1. The highest BCUT2D eigenvalue weighted by Crippen LogP contribution is 2.27. The molecule has 2 saturated heterocycles. The van der Waals surface area contributed by atoms with Gasteiger partial charge >= 0.3 is 0 Å². The number of aromatic nitrogens is 1. The number of carbonyl (C=O) groups is 1. The van der Waals surface area contributed by atoms with Crippen LogP contribution in [0, 0.1) is 11.3 Å². The molecule has 7 heteroatoms. The molecule has 0 saturated carbocycles. The molecule has 0 radical (unpaired) electrons. The van der Waals surface area contributed by atoms with Crippen molar-refractivity contribution in [3.8, 4) is 6.07 Å². The summed E-state index contributed by atoms with van der Waals surface area (Å²) in [5.41, 5.74) is 0.210. The second-order valence-electron chi connectivity index (χ2n) is 6.09. The first-order chi connectivity index (χ1) is 11.1. The van der Waals surface area contributed by atoms with Crippen LogP contribution in [0.5, 0.6) is 0 Å². The number of hydrogen-bond acceptors (Lipinski definition) is 5. The third-order valence-corrected chi connectivity index (χ3v) is 4.89. The zero-order valence-electron chi connectivity index (χ0n) is 13.2. The van der Waals surface area contributed by atoms with Gasteiger partial charge in [-0.3, -0.25) is 4.79 Å². The second-order valence-corrected chi connectivity index (χ2v) is 6.50. The Kier molecular flexibility index (Phi) is 4.69. The third kappa shape index (κ3) is 3.26. The molecule has 6 nitrogen and oxygen atoms in total. The molecule has 1 atom stereocenters. The Morgan fingerprint density at radius 1 is 1.30 bits per heavy atom. The van der Waals surface area contributed by atoms with Gasteiger partial charge in [-0.15, -0.1) is 0 Å². The highest BCUT2D eigenvalue weighted by atomic mass is 35.5. The van der Waals surface area contributed by atoms with Crippen molar-refractivity contribution in [1.82, 2.24) is 14.8 Å². The summed E-state index contributed by atoms with van der Waals surface area (Å²) in [6.45, 7) is 4.16. The van der Waals surface area contributed by atoms with Crippen LogP contribution in [0.4, 0.5) is 5.82 Å². The van der Waals surface area contributed by atoms with Gasteiger partial charge in [0, 0.05) is 32.7 Å². The fourth-order valence-corrected chi connectivity index (χ4v) is 3.35. The highest BCUT2D eigenvalue weighted by molar-refractivity contribution is 6.31. The molecule has 1 amide bonds. The van der Waals surface area contributed by atoms with Crippen molar-refractivity contribution in [2.24, 2.45) is 0 Å². The molecule has 2 fully saturated rings. The summed E-state index contributed by atoms with van der Waals surface area (Å²) in [5, 5.41) is 9.44. The lowest BCUT2D eigenvalue weighted by Gasteiger charge is -2.36. The summed E-state index contributed by atoms with van der Waals surface area (Å²) >= 11 is 5.95. The van der Waals surface area contributed by atoms with Gasteiger partial charge < -0.3 is 14.7 Å². The average molecular weight is 334 g/mol. The van der Waals surface area contributed by atoms with Gasteiger partial charge in [0.2, 0.25) is 5.91 Å². The highest BCUT2D eigenvalue weighted by Gasteiger charge is 2.35. The molecule has 3 heterocycles. The topological polar surface area (TPSA) is 63.5 Å². The van der Waals surface area contributed by atoms with Crippen LogP contribution in [-0.4, -0.2) is 66.5 Å². The minimum absolute atomic E-state index is 0.172. The molecule has 1 aromatic rings. The van der Waals surface area contributed by atoms with E-state index in [4.69, 9.17) is 16.9 Å². The number of piperazine rings is 1. The van der Waals surface area contributed by atoms with Gasteiger partial charge in [-0.2, -0.15) is 5.26 Å². The van der Waals surface area contributed by atoms with Gasteiger partial charge in [-0.05, 0) is 32.0 Å². The summed E-state index contributed by atoms with van der Waals surface area (Å²) in [4.78, 5) is 23.4. The van der Waals surface area contributed by atoms with Gasteiger partial charge in [0.15, 0.2) is 5.69 Å². The first-order valence-electron chi connectivity index (χ1n) is 7.91. The van der Waals surface area contributed by atoms with Crippen LogP contribution in [0.15, 0.2) is 12.1 Å².